The number of benzene rings is 2. The molecule has 0 aromatic heterocycles. The highest BCUT2D eigenvalue weighted by Gasteiger charge is 2.49. The first-order valence-electron chi connectivity index (χ1n) is 19.6. The molecule has 1 saturated heterocycles. The van der Waals surface area contributed by atoms with Crippen LogP contribution in [-0.4, -0.2) is 125 Å². The van der Waals surface area contributed by atoms with E-state index < -0.39 is 77.3 Å². The molecule has 0 spiro atoms. The Bertz CT molecular complexity index is 2020. The summed E-state index contributed by atoms with van der Waals surface area (Å²) in [5.74, 6) is -6.73. The summed E-state index contributed by atoms with van der Waals surface area (Å²) in [6.07, 6.45) is 5.37. The van der Waals surface area contributed by atoms with Crippen molar-refractivity contribution in [1.82, 2.24) is 9.91 Å². The molecule has 9 atom stereocenters. The number of piperazine rings is 1. The average molecular weight is 809 g/mol. The summed E-state index contributed by atoms with van der Waals surface area (Å²) in [4.78, 5) is 42.6. The number of likely N-dealkylation sites (N-methyl/N-ethyl adjacent to an activating group) is 1. The molecule has 1 unspecified atom stereocenters. The average Bonchev–Trinajstić information content (AvgIpc) is 3.45. The number of fused-ring (bicyclic) bond motifs is 14. The number of anilines is 1. The number of aromatic hydroxyl groups is 2. The third-order valence-corrected chi connectivity index (χ3v) is 11.7. The van der Waals surface area contributed by atoms with Gasteiger partial charge in [0, 0.05) is 92.7 Å². The topological polar surface area (TPSA) is 200 Å². The molecule has 4 aliphatic rings. The number of carbonyl (C=O) groups is 3. The molecule has 5 N–H and O–H groups in total. The Morgan fingerprint density at radius 3 is 2.33 bits per heavy atom. The van der Waals surface area contributed by atoms with Gasteiger partial charge in [0.05, 0.1) is 47.6 Å². The molecule has 0 aliphatic carbocycles. The zero-order chi connectivity index (χ0) is 42.8. The van der Waals surface area contributed by atoms with Crippen LogP contribution in [0.4, 0.5) is 5.69 Å². The van der Waals surface area contributed by atoms with Crippen molar-refractivity contribution in [2.75, 3.05) is 45.7 Å². The van der Waals surface area contributed by atoms with Crippen LogP contribution in [0.3, 0.4) is 0 Å². The number of phenols is 2. The summed E-state index contributed by atoms with van der Waals surface area (Å²) >= 11 is 0. The van der Waals surface area contributed by atoms with Gasteiger partial charge in [-0.25, -0.2) is 0 Å². The van der Waals surface area contributed by atoms with E-state index in [1.54, 1.807) is 59.8 Å². The van der Waals surface area contributed by atoms with Crippen molar-refractivity contribution in [2.24, 2.45) is 28.8 Å². The van der Waals surface area contributed by atoms with E-state index in [2.05, 4.69) is 15.3 Å². The van der Waals surface area contributed by atoms with Crippen LogP contribution in [0.25, 0.3) is 10.8 Å². The monoisotopic (exact) mass is 808 g/mol. The second-order valence-corrected chi connectivity index (χ2v) is 16.0. The zero-order valence-electron chi connectivity index (χ0n) is 35.0. The number of amides is 1. The number of ketones is 1. The highest BCUT2D eigenvalue weighted by Crippen LogP contribution is 2.51. The molecule has 0 saturated carbocycles. The summed E-state index contributed by atoms with van der Waals surface area (Å²) in [6, 6.07) is 1.49. The maximum atomic E-state index is 14.4. The number of nitrogens with zero attached hydrogens (tertiary/aromatic N) is 3. The molecule has 4 heterocycles. The van der Waals surface area contributed by atoms with E-state index in [1.807, 2.05) is 12.1 Å². The van der Waals surface area contributed by atoms with Gasteiger partial charge in [0.25, 0.3) is 11.7 Å². The van der Waals surface area contributed by atoms with Crippen LogP contribution in [-0.2, 0) is 23.8 Å². The van der Waals surface area contributed by atoms with Gasteiger partial charge in [-0.2, -0.15) is 5.10 Å². The molecule has 58 heavy (non-hydrogen) atoms. The van der Waals surface area contributed by atoms with Crippen LogP contribution in [0.15, 0.2) is 47.3 Å². The molecule has 15 heteroatoms. The van der Waals surface area contributed by atoms with Crippen molar-refractivity contribution < 1.29 is 53.8 Å². The minimum absolute atomic E-state index is 0.0101. The lowest BCUT2D eigenvalue weighted by Gasteiger charge is -2.38. The molecule has 316 valence electrons. The fourth-order valence-corrected chi connectivity index (χ4v) is 7.84. The minimum Gasteiger partial charge on any atom is -0.507 e. The number of aliphatic hydroxyl groups is 2. The summed E-state index contributed by atoms with van der Waals surface area (Å²) in [7, 11) is 3.47. The molecule has 2 aromatic rings. The molecular weight excluding hydrogens is 750 g/mol. The van der Waals surface area contributed by atoms with Crippen molar-refractivity contribution in [3.63, 3.8) is 0 Å². The van der Waals surface area contributed by atoms with Gasteiger partial charge in [-0.1, -0.05) is 45.9 Å². The Kier molecular flexibility index (Phi) is 13.6. The predicted octanol–water partition coefficient (Wildman–Crippen LogP) is 4.63. The number of aliphatic hydroxyl groups excluding tert-OH is 2. The van der Waals surface area contributed by atoms with E-state index in [9.17, 15) is 34.8 Å². The number of allylic oxidation sites excluding steroid dienone is 2. The van der Waals surface area contributed by atoms with Crippen molar-refractivity contribution in [3.8, 4) is 17.2 Å². The summed E-state index contributed by atoms with van der Waals surface area (Å²) < 4.78 is 23.7. The van der Waals surface area contributed by atoms with Crippen LogP contribution < -0.4 is 10.1 Å². The third-order valence-electron chi connectivity index (χ3n) is 11.7. The molecular formula is C43H58N4O11. The first-order valence-corrected chi connectivity index (χ1v) is 19.6. The molecule has 2 aromatic carbocycles. The molecule has 1 fully saturated rings. The second kappa shape index (κ2) is 17.9. The number of hydrazone groups is 1. The third kappa shape index (κ3) is 8.87. The first kappa shape index (κ1) is 44.1. The summed E-state index contributed by atoms with van der Waals surface area (Å²) in [5, 5.41) is 55.9. The number of methoxy groups -OCH3 is 1. The Balaban J connectivity index is 1.67. The number of phenolic OH excluding ortho intramolecular Hbond substituents is 2. The van der Waals surface area contributed by atoms with E-state index >= 15 is 0 Å². The van der Waals surface area contributed by atoms with Gasteiger partial charge in [0.15, 0.2) is 0 Å². The Morgan fingerprint density at radius 2 is 1.69 bits per heavy atom. The van der Waals surface area contributed by atoms with Crippen molar-refractivity contribution in [1.29, 1.82) is 0 Å². The molecule has 4 aliphatic heterocycles. The van der Waals surface area contributed by atoms with Gasteiger partial charge in [0.2, 0.25) is 0 Å². The van der Waals surface area contributed by atoms with Crippen LogP contribution in [0.1, 0.15) is 70.0 Å². The quantitative estimate of drug-likeness (QED) is 0.212. The number of hydrogen-bond donors (Lipinski definition) is 5. The zero-order valence-corrected chi connectivity index (χ0v) is 35.0. The summed E-state index contributed by atoms with van der Waals surface area (Å²) in [5.41, 5.74) is 0.694. The number of ether oxygens (including phenoxy) is 4. The number of rotatable bonds is 4. The largest absolute Gasteiger partial charge is 0.507 e. The van der Waals surface area contributed by atoms with Gasteiger partial charge in [-0.05, 0) is 33.0 Å². The van der Waals surface area contributed by atoms with Crippen LogP contribution in [0, 0.1) is 30.6 Å². The Labute approximate surface area is 339 Å². The number of nitrogens with one attached hydrogen (secondary N) is 1. The van der Waals surface area contributed by atoms with Crippen molar-refractivity contribution >= 4 is 40.3 Å². The molecule has 6 rings (SSSR count). The van der Waals surface area contributed by atoms with Gasteiger partial charge < -0.3 is 49.6 Å². The van der Waals surface area contributed by atoms with Gasteiger partial charge >= 0.3 is 11.8 Å². The lowest BCUT2D eigenvalue weighted by Crippen LogP contribution is -2.46. The van der Waals surface area contributed by atoms with E-state index in [0.29, 0.717) is 13.1 Å². The maximum Gasteiger partial charge on any atom is 0.312 e. The number of esters is 1. The normalized spacial score (nSPS) is 32.4. The van der Waals surface area contributed by atoms with Gasteiger partial charge in [-0.15, -0.1) is 0 Å². The minimum atomic E-state index is -1.95. The smallest absolute Gasteiger partial charge is 0.312 e. The fourth-order valence-electron chi connectivity index (χ4n) is 7.84. The van der Waals surface area contributed by atoms with Crippen LogP contribution in [0.5, 0.6) is 17.2 Å². The number of hydrogen-bond acceptors (Lipinski definition) is 14. The standard InChI is InChI=1S/C43H58N4O11/c1-22-12-11-13-23(2)42(54)45-31-20-29-33(38(52)30(31)21-44-47-17-15-46(9)16-18-47)34-40(27(6)37(29)51)58-43(8,41(34)53)56-19-14-32(55-10)24(3)39(57-28(7)48)26(5)36(50)25(4)35(22)49/h11-14,19-22,24-26,32,35-36,39,49-52H,15-18H2,1-10H3,(H,45,54)/b12-11+,19-14+,23-13-,44-21+/t22?,24-,25-,26-,32+,35+,36-,39-,43+/m1/s1/i9+2. The van der Waals surface area contributed by atoms with Crippen molar-refractivity contribution in [3.05, 3.63) is 58.9 Å². The van der Waals surface area contributed by atoms with Gasteiger partial charge in [0.1, 0.15) is 23.4 Å². The lowest BCUT2D eigenvalue weighted by atomic mass is 9.78. The molecule has 5 bridgehead atoms. The second-order valence-electron chi connectivity index (χ2n) is 16.0. The van der Waals surface area contributed by atoms with E-state index in [1.165, 1.54) is 45.6 Å². The van der Waals surface area contributed by atoms with Crippen LogP contribution >= 0.6 is 0 Å². The van der Waals surface area contributed by atoms with Crippen molar-refractivity contribution in [2.45, 2.75) is 85.6 Å². The molecule has 1 amide bonds. The fraction of sp³-hybridized carbons (Fsp3) is 0.535. The number of Topliss-reactive ketones (excluding diaryl/α,β-unsaturated/α-hetero) is 1. The Hall–Kier alpha value is -4.96. The SMILES string of the molecule is CO[C@H]1/C=C/O[C@@]2(C)Oc3c(C)c(O)c4cc(c(/C=N/N5CCN([14CH3])CC5)c(O)c4c3C2=O)NC(=O)/C(C)=C\C=C\C(C)[C@H](O)[C@@H](C)[C@@H](O)[C@@H](C)[C@H](OC(C)=O)[C@@H]1C. The molecule has 15 nitrogen and oxygen atoms in total. The van der Waals surface area contributed by atoms with Gasteiger partial charge in [-0.3, -0.25) is 19.4 Å². The Morgan fingerprint density at radius 1 is 1.02 bits per heavy atom. The molecule has 0 radical (unpaired) electrons. The lowest BCUT2D eigenvalue weighted by molar-refractivity contribution is -0.160. The van der Waals surface area contributed by atoms with E-state index in [0.717, 1.165) is 13.1 Å². The number of carbonyl (C=O) groups excluding carboxylic acids is 3. The van der Waals surface area contributed by atoms with Crippen LogP contribution in [0.2, 0.25) is 0 Å². The summed E-state index contributed by atoms with van der Waals surface area (Å²) in [6.45, 7) is 15.6. The van der Waals surface area contributed by atoms with E-state index in [-0.39, 0.29) is 50.2 Å². The first-order chi connectivity index (χ1) is 27.3. The highest BCUT2D eigenvalue weighted by molar-refractivity contribution is 6.21. The maximum absolute atomic E-state index is 14.4. The van der Waals surface area contributed by atoms with E-state index in [4.69, 9.17) is 18.9 Å². The predicted molar refractivity (Wildman–Crippen MR) is 219 cm³/mol. The highest BCUT2D eigenvalue weighted by atomic mass is 16.7.